The Morgan fingerprint density at radius 2 is 1.86 bits per heavy atom. The van der Waals surface area contributed by atoms with Crippen molar-refractivity contribution in [2.45, 2.75) is 31.7 Å². The van der Waals surface area contributed by atoms with Crippen molar-refractivity contribution in [1.29, 1.82) is 0 Å². The van der Waals surface area contributed by atoms with Crippen LogP contribution < -0.4 is 4.74 Å². The summed E-state index contributed by atoms with van der Waals surface area (Å²) in [6.45, 7) is 3.05. The molecule has 0 aromatic heterocycles. The number of aliphatic hydroxyl groups excluding tert-OH is 1. The summed E-state index contributed by atoms with van der Waals surface area (Å²) in [5.74, 6) is 0.795. The normalized spacial score (nSPS) is 18.7. The number of halogens is 3. The highest BCUT2D eigenvalue weighted by Gasteiger charge is 2.34. The van der Waals surface area contributed by atoms with Crippen molar-refractivity contribution in [3.8, 4) is 5.75 Å². The van der Waals surface area contributed by atoms with Gasteiger partial charge in [0.2, 0.25) is 0 Å². The van der Waals surface area contributed by atoms with E-state index in [1.54, 1.807) is 19.2 Å². The highest BCUT2D eigenvalue weighted by molar-refractivity contribution is 5.30. The van der Waals surface area contributed by atoms with E-state index < -0.39 is 11.7 Å². The lowest BCUT2D eigenvalue weighted by Crippen LogP contribution is -2.52. The molecule has 1 atom stereocenters. The molecule has 1 N–H and O–H groups in total. The van der Waals surface area contributed by atoms with E-state index in [1.807, 2.05) is 29.2 Å². The van der Waals surface area contributed by atoms with Crippen molar-refractivity contribution in [3.05, 3.63) is 65.2 Å². The third kappa shape index (κ3) is 5.72. The van der Waals surface area contributed by atoms with Gasteiger partial charge in [0.05, 0.1) is 12.7 Å². The first-order valence-corrected chi connectivity index (χ1v) is 9.76. The third-order valence-electron chi connectivity index (χ3n) is 5.39. The average molecular weight is 408 g/mol. The lowest BCUT2D eigenvalue weighted by atomic mass is 10.0. The summed E-state index contributed by atoms with van der Waals surface area (Å²) >= 11 is 0. The number of ether oxygens (including phenoxy) is 1. The third-order valence-corrected chi connectivity index (χ3v) is 5.39. The molecule has 7 heteroatoms. The monoisotopic (exact) mass is 408 g/mol. The van der Waals surface area contributed by atoms with Crippen molar-refractivity contribution in [3.63, 3.8) is 0 Å². The maximum Gasteiger partial charge on any atom is 0.416 e. The molecule has 0 amide bonds. The van der Waals surface area contributed by atoms with Crippen molar-refractivity contribution >= 4 is 0 Å². The number of hydrogen-bond donors (Lipinski definition) is 1. The maximum absolute atomic E-state index is 13.3. The van der Waals surface area contributed by atoms with Crippen molar-refractivity contribution in [2.24, 2.45) is 0 Å². The molecule has 2 aromatic carbocycles. The topological polar surface area (TPSA) is 35.9 Å². The summed E-state index contributed by atoms with van der Waals surface area (Å²) in [5, 5.41) is 9.50. The number of aliphatic hydroxyl groups is 1. The van der Waals surface area contributed by atoms with E-state index in [-0.39, 0.29) is 19.2 Å². The van der Waals surface area contributed by atoms with E-state index in [1.165, 1.54) is 6.07 Å². The zero-order valence-electron chi connectivity index (χ0n) is 16.5. The Morgan fingerprint density at radius 1 is 1.07 bits per heavy atom. The molecule has 0 aliphatic carbocycles. The zero-order chi connectivity index (χ0) is 20.9. The lowest BCUT2D eigenvalue weighted by molar-refractivity contribution is -0.138. The lowest BCUT2D eigenvalue weighted by Gasteiger charge is -2.41. The van der Waals surface area contributed by atoms with Crippen LogP contribution >= 0.6 is 0 Å². The quantitative estimate of drug-likeness (QED) is 0.757. The number of benzene rings is 2. The summed E-state index contributed by atoms with van der Waals surface area (Å²) in [6, 6.07) is 13.7. The molecule has 2 aromatic rings. The van der Waals surface area contributed by atoms with Crippen LogP contribution in [0.3, 0.4) is 0 Å². The van der Waals surface area contributed by atoms with Gasteiger partial charge in [-0.1, -0.05) is 30.3 Å². The van der Waals surface area contributed by atoms with Gasteiger partial charge >= 0.3 is 6.18 Å². The van der Waals surface area contributed by atoms with Crippen LogP contribution in [0, 0.1) is 0 Å². The minimum atomic E-state index is -4.35. The Hall–Kier alpha value is -2.09. The second-order valence-corrected chi connectivity index (χ2v) is 7.38. The first kappa shape index (κ1) is 21.6. The molecule has 1 aliphatic heterocycles. The van der Waals surface area contributed by atoms with Crippen LogP contribution in [0.25, 0.3) is 0 Å². The molecule has 0 bridgehead atoms. The predicted molar refractivity (Wildman–Crippen MR) is 106 cm³/mol. The van der Waals surface area contributed by atoms with Gasteiger partial charge in [0, 0.05) is 45.4 Å². The molecule has 29 heavy (non-hydrogen) atoms. The van der Waals surface area contributed by atoms with Crippen LogP contribution in [0.15, 0.2) is 48.5 Å². The molecule has 4 nitrogen and oxygen atoms in total. The van der Waals surface area contributed by atoms with E-state index in [2.05, 4.69) is 4.90 Å². The number of hydrogen-bond acceptors (Lipinski definition) is 4. The minimum absolute atomic E-state index is 0.0479. The highest BCUT2D eigenvalue weighted by atomic mass is 19.4. The molecule has 0 unspecified atom stereocenters. The molecular formula is C22H27F3N2O2. The Morgan fingerprint density at radius 3 is 2.59 bits per heavy atom. The fraction of sp³-hybridized carbons (Fsp3) is 0.455. The molecular weight excluding hydrogens is 381 g/mol. The molecule has 1 heterocycles. The molecule has 0 saturated carbocycles. The Balaban J connectivity index is 1.69. The smallest absolute Gasteiger partial charge is 0.416 e. The maximum atomic E-state index is 13.3. The van der Waals surface area contributed by atoms with Crippen LogP contribution in [0.4, 0.5) is 13.2 Å². The molecule has 1 fully saturated rings. The number of piperazine rings is 1. The van der Waals surface area contributed by atoms with E-state index in [4.69, 9.17) is 4.74 Å². The fourth-order valence-corrected chi connectivity index (χ4v) is 3.91. The predicted octanol–water partition coefficient (Wildman–Crippen LogP) is 3.78. The number of nitrogens with zero attached hydrogens (tertiary/aromatic N) is 2. The number of rotatable bonds is 7. The SMILES string of the molecule is COc1cccc(CN2CCN(Cc3ccccc3C(F)(F)F)C[C@@H]2CCO)c1. The van der Waals surface area contributed by atoms with Gasteiger partial charge in [0.15, 0.2) is 0 Å². The summed E-state index contributed by atoms with van der Waals surface area (Å²) < 4.78 is 45.2. The Bertz CT molecular complexity index is 798. The zero-order valence-corrected chi connectivity index (χ0v) is 16.5. The second-order valence-electron chi connectivity index (χ2n) is 7.38. The first-order chi connectivity index (χ1) is 13.9. The summed E-state index contributed by atoms with van der Waals surface area (Å²) in [7, 11) is 1.63. The standard InChI is InChI=1S/C22H27F3N2O2/c1-29-20-7-4-5-17(13-20)14-27-11-10-26(16-19(27)9-12-28)15-18-6-2-3-8-21(18)22(23,24)25/h2-8,13,19,28H,9-12,14-16H2,1H3/t19-/m0/s1. The van der Waals surface area contributed by atoms with Gasteiger partial charge in [-0.2, -0.15) is 13.2 Å². The highest BCUT2D eigenvalue weighted by Crippen LogP contribution is 2.32. The van der Waals surface area contributed by atoms with E-state index in [0.717, 1.165) is 30.5 Å². The molecule has 0 spiro atoms. The Labute approximate surface area is 169 Å². The molecule has 1 saturated heterocycles. The van der Waals surface area contributed by atoms with Gasteiger partial charge in [0.25, 0.3) is 0 Å². The van der Waals surface area contributed by atoms with Gasteiger partial charge in [-0.05, 0) is 35.7 Å². The molecule has 1 aliphatic rings. The molecule has 0 radical (unpaired) electrons. The molecule has 158 valence electrons. The summed E-state index contributed by atoms with van der Waals surface area (Å²) in [6.07, 6.45) is -3.77. The summed E-state index contributed by atoms with van der Waals surface area (Å²) in [5.41, 5.74) is 0.838. The van der Waals surface area contributed by atoms with Gasteiger partial charge in [-0.25, -0.2) is 0 Å². The van der Waals surface area contributed by atoms with E-state index in [9.17, 15) is 18.3 Å². The summed E-state index contributed by atoms with van der Waals surface area (Å²) in [4.78, 5) is 4.34. The largest absolute Gasteiger partial charge is 0.497 e. The van der Waals surface area contributed by atoms with Crippen molar-refractivity contribution in [1.82, 2.24) is 9.80 Å². The average Bonchev–Trinajstić information content (AvgIpc) is 2.70. The van der Waals surface area contributed by atoms with Gasteiger partial charge in [-0.15, -0.1) is 0 Å². The second kappa shape index (κ2) is 9.61. The van der Waals surface area contributed by atoms with Crippen LogP contribution in [-0.2, 0) is 19.3 Å². The number of alkyl halides is 3. The van der Waals surface area contributed by atoms with Crippen LogP contribution in [0.5, 0.6) is 5.75 Å². The van der Waals surface area contributed by atoms with E-state index in [0.29, 0.717) is 25.1 Å². The van der Waals surface area contributed by atoms with Gasteiger partial charge in [-0.3, -0.25) is 9.80 Å². The minimum Gasteiger partial charge on any atom is -0.497 e. The van der Waals surface area contributed by atoms with Crippen molar-refractivity contribution in [2.75, 3.05) is 33.4 Å². The van der Waals surface area contributed by atoms with Gasteiger partial charge in [0.1, 0.15) is 5.75 Å². The Kier molecular flexibility index (Phi) is 7.16. The first-order valence-electron chi connectivity index (χ1n) is 9.76. The van der Waals surface area contributed by atoms with Crippen molar-refractivity contribution < 1.29 is 23.0 Å². The van der Waals surface area contributed by atoms with Crippen LogP contribution in [0.1, 0.15) is 23.1 Å². The fourth-order valence-electron chi connectivity index (χ4n) is 3.91. The van der Waals surface area contributed by atoms with Crippen LogP contribution in [0.2, 0.25) is 0 Å². The van der Waals surface area contributed by atoms with E-state index >= 15 is 0 Å². The number of methoxy groups -OCH3 is 1. The molecule has 3 rings (SSSR count). The van der Waals surface area contributed by atoms with Crippen LogP contribution in [-0.4, -0.2) is 54.3 Å². The van der Waals surface area contributed by atoms with Gasteiger partial charge < -0.3 is 9.84 Å².